The van der Waals surface area contributed by atoms with Gasteiger partial charge in [-0.2, -0.15) is 0 Å². The summed E-state index contributed by atoms with van der Waals surface area (Å²) in [4.78, 5) is 22.5. The van der Waals surface area contributed by atoms with Crippen molar-refractivity contribution in [3.05, 3.63) is 27.7 Å². The zero-order valence-corrected chi connectivity index (χ0v) is 11.0. The number of carbonyl (C=O) groups excluding carboxylic acids is 2. The van der Waals surface area contributed by atoms with E-state index in [-0.39, 0.29) is 0 Å². The molecular formula is C11H12BrNO4. The third-order valence-corrected chi connectivity index (χ3v) is 2.64. The first-order chi connectivity index (χ1) is 7.95. The largest absolute Gasteiger partial charge is 0.466 e. The Morgan fingerprint density at radius 2 is 2.06 bits per heavy atom. The van der Waals surface area contributed by atoms with E-state index in [0.717, 1.165) is 0 Å². The second kappa shape index (κ2) is 5.67. The molecule has 17 heavy (non-hydrogen) atoms. The van der Waals surface area contributed by atoms with Gasteiger partial charge >= 0.3 is 11.9 Å². The Kier molecular flexibility index (Phi) is 4.51. The van der Waals surface area contributed by atoms with Crippen LogP contribution in [0.25, 0.3) is 0 Å². The molecule has 5 nitrogen and oxygen atoms in total. The van der Waals surface area contributed by atoms with Crippen LogP contribution < -0.4 is 5.73 Å². The number of hydrogen-bond donors (Lipinski definition) is 1. The highest BCUT2D eigenvalue weighted by atomic mass is 79.9. The van der Waals surface area contributed by atoms with E-state index in [1.807, 2.05) is 0 Å². The lowest BCUT2D eigenvalue weighted by molar-refractivity contribution is -0.144. The quantitative estimate of drug-likeness (QED) is 0.678. The van der Waals surface area contributed by atoms with E-state index in [9.17, 15) is 9.59 Å². The number of nitrogen functional groups attached to an aromatic ring is 1. The van der Waals surface area contributed by atoms with Crippen molar-refractivity contribution in [1.82, 2.24) is 0 Å². The van der Waals surface area contributed by atoms with Crippen molar-refractivity contribution in [2.45, 2.75) is 6.92 Å². The fourth-order valence-corrected chi connectivity index (χ4v) is 1.65. The highest BCUT2D eigenvalue weighted by Gasteiger charge is 2.15. The van der Waals surface area contributed by atoms with Crippen LogP contribution >= 0.6 is 15.9 Å². The molecule has 6 heteroatoms. The van der Waals surface area contributed by atoms with Crippen molar-refractivity contribution in [3.63, 3.8) is 0 Å². The summed E-state index contributed by atoms with van der Waals surface area (Å²) in [5.41, 5.74) is 7.12. The number of hydrogen-bond acceptors (Lipinski definition) is 5. The van der Waals surface area contributed by atoms with Crippen LogP contribution in [0.4, 0.5) is 5.69 Å². The van der Waals surface area contributed by atoms with Crippen molar-refractivity contribution in [3.8, 4) is 0 Å². The number of halogens is 1. The number of esters is 2. The van der Waals surface area contributed by atoms with Gasteiger partial charge in [0.15, 0.2) is 6.61 Å². The summed E-state index contributed by atoms with van der Waals surface area (Å²) in [5, 5.41) is 0. The standard InChI is InChI=1S/C11H12BrNO4/c1-6-8(3-7(12)4-9(6)13)11(15)17-5-10(14)16-2/h3-4H,5,13H2,1-2H3. The van der Waals surface area contributed by atoms with Gasteiger partial charge in [-0.15, -0.1) is 0 Å². The van der Waals surface area contributed by atoms with Crippen LogP contribution in [0.1, 0.15) is 15.9 Å². The number of anilines is 1. The van der Waals surface area contributed by atoms with E-state index < -0.39 is 18.5 Å². The van der Waals surface area contributed by atoms with E-state index in [1.54, 1.807) is 19.1 Å². The van der Waals surface area contributed by atoms with Gasteiger partial charge in [-0.3, -0.25) is 0 Å². The van der Waals surface area contributed by atoms with Gasteiger partial charge in [0.1, 0.15) is 0 Å². The van der Waals surface area contributed by atoms with Gasteiger partial charge in [-0.05, 0) is 24.6 Å². The van der Waals surface area contributed by atoms with Gasteiger partial charge in [-0.1, -0.05) is 15.9 Å². The van der Waals surface area contributed by atoms with Crippen LogP contribution in [-0.2, 0) is 14.3 Å². The van der Waals surface area contributed by atoms with Crippen LogP contribution in [0.2, 0.25) is 0 Å². The molecule has 0 aliphatic carbocycles. The predicted molar refractivity (Wildman–Crippen MR) is 65.6 cm³/mol. The predicted octanol–water partition coefficient (Wildman–Crippen LogP) is 1.67. The maximum atomic E-state index is 11.7. The van der Waals surface area contributed by atoms with E-state index in [1.165, 1.54) is 7.11 Å². The van der Waals surface area contributed by atoms with Gasteiger partial charge < -0.3 is 15.2 Å². The minimum Gasteiger partial charge on any atom is -0.466 e. The van der Waals surface area contributed by atoms with Crippen LogP contribution in [0.15, 0.2) is 16.6 Å². The van der Waals surface area contributed by atoms with Gasteiger partial charge in [0.2, 0.25) is 0 Å². The highest BCUT2D eigenvalue weighted by Crippen LogP contribution is 2.23. The van der Waals surface area contributed by atoms with Gasteiger partial charge in [0, 0.05) is 10.2 Å². The van der Waals surface area contributed by atoms with Crippen molar-refractivity contribution in [2.24, 2.45) is 0 Å². The third kappa shape index (κ3) is 3.45. The minimum absolute atomic E-state index is 0.320. The number of benzene rings is 1. The van der Waals surface area contributed by atoms with Crippen molar-refractivity contribution in [1.29, 1.82) is 0 Å². The van der Waals surface area contributed by atoms with Crippen LogP contribution in [0.5, 0.6) is 0 Å². The molecule has 0 bridgehead atoms. The Labute approximate surface area is 107 Å². The fraction of sp³-hybridized carbons (Fsp3) is 0.273. The normalized spacial score (nSPS) is 9.82. The van der Waals surface area contributed by atoms with E-state index in [2.05, 4.69) is 20.7 Å². The first-order valence-corrected chi connectivity index (χ1v) is 5.54. The molecule has 0 fully saturated rings. The topological polar surface area (TPSA) is 78.6 Å². The summed E-state index contributed by atoms with van der Waals surface area (Å²) in [6.07, 6.45) is 0. The van der Waals surface area contributed by atoms with Crippen LogP contribution in [-0.4, -0.2) is 25.7 Å². The maximum Gasteiger partial charge on any atom is 0.344 e. The van der Waals surface area contributed by atoms with E-state index in [4.69, 9.17) is 10.5 Å². The molecule has 0 atom stereocenters. The Balaban J connectivity index is 2.86. The first-order valence-electron chi connectivity index (χ1n) is 4.75. The number of rotatable bonds is 3. The molecule has 0 aliphatic heterocycles. The smallest absolute Gasteiger partial charge is 0.344 e. The van der Waals surface area contributed by atoms with Gasteiger partial charge in [0.05, 0.1) is 12.7 Å². The summed E-state index contributed by atoms with van der Waals surface area (Å²) >= 11 is 3.23. The molecule has 0 amide bonds. The molecule has 0 aliphatic rings. The van der Waals surface area contributed by atoms with E-state index >= 15 is 0 Å². The third-order valence-electron chi connectivity index (χ3n) is 2.18. The second-order valence-corrected chi connectivity index (χ2v) is 4.24. The number of methoxy groups -OCH3 is 1. The van der Waals surface area contributed by atoms with E-state index in [0.29, 0.717) is 21.3 Å². The zero-order valence-electron chi connectivity index (χ0n) is 9.45. The summed E-state index contributed by atoms with van der Waals surface area (Å²) in [7, 11) is 1.22. The number of carbonyl (C=O) groups is 2. The summed E-state index contributed by atoms with van der Waals surface area (Å²) in [6, 6.07) is 3.28. The maximum absolute atomic E-state index is 11.7. The number of nitrogens with two attached hydrogens (primary N) is 1. The summed E-state index contributed by atoms with van der Waals surface area (Å²) < 4.78 is 9.82. The Morgan fingerprint density at radius 3 is 2.65 bits per heavy atom. The van der Waals surface area contributed by atoms with Crippen LogP contribution in [0.3, 0.4) is 0 Å². The molecule has 0 radical (unpaired) electrons. The Hall–Kier alpha value is -1.56. The number of ether oxygens (including phenoxy) is 2. The Morgan fingerprint density at radius 1 is 1.41 bits per heavy atom. The lowest BCUT2D eigenvalue weighted by Crippen LogP contribution is -2.16. The minimum atomic E-state index is -0.612. The molecule has 0 heterocycles. The molecule has 0 spiro atoms. The molecule has 1 rings (SSSR count). The first kappa shape index (κ1) is 13.5. The molecule has 2 N–H and O–H groups in total. The van der Waals surface area contributed by atoms with Crippen LogP contribution in [0, 0.1) is 6.92 Å². The lowest BCUT2D eigenvalue weighted by atomic mass is 10.1. The molecule has 92 valence electrons. The van der Waals surface area contributed by atoms with Gasteiger partial charge in [-0.25, -0.2) is 9.59 Å². The molecule has 0 aromatic heterocycles. The average Bonchev–Trinajstić information content (AvgIpc) is 2.30. The molecule has 1 aromatic carbocycles. The second-order valence-electron chi connectivity index (χ2n) is 3.32. The molecule has 0 unspecified atom stereocenters. The van der Waals surface area contributed by atoms with Crippen molar-refractivity contribution < 1.29 is 19.1 Å². The summed E-state index contributed by atoms with van der Waals surface area (Å²) in [5.74, 6) is -1.22. The van der Waals surface area contributed by atoms with Crippen molar-refractivity contribution in [2.75, 3.05) is 19.5 Å². The molecular weight excluding hydrogens is 290 g/mol. The highest BCUT2D eigenvalue weighted by molar-refractivity contribution is 9.10. The molecule has 1 aromatic rings. The molecule has 0 saturated carbocycles. The Bertz CT molecular complexity index is 459. The zero-order chi connectivity index (χ0) is 13.0. The summed E-state index contributed by atoms with van der Waals surface area (Å²) in [6.45, 7) is 1.29. The monoisotopic (exact) mass is 301 g/mol. The van der Waals surface area contributed by atoms with Gasteiger partial charge in [0.25, 0.3) is 0 Å². The molecule has 0 saturated heterocycles. The van der Waals surface area contributed by atoms with Crippen molar-refractivity contribution >= 4 is 33.6 Å². The average molecular weight is 302 g/mol. The lowest BCUT2D eigenvalue weighted by Gasteiger charge is -2.09. The SMILES string of the molecule is COC(=O)COC(=O)c1cc(Br)cc(N)c1C. The fourth-order valence-electron chi connectivity index (χ4n) is 1.17.